The fraction of sp³-hybridized carbons (Fsp3) is 0.652. The standard InChI is InChI=1S/C23H33N3O5S/c1-17-10-12-25(13-11-17)32(29,30)19-8-9-21-20(14-19)26(23(28)16-31-21)15-22(27)24-18-6-4-2-3-5-7-18/h8-9,14,17-18H,2-7,10-13,15-16H2,1H3,(H,24,27). The van der Waals surface area contributed by atoms with E-state index in [2.05, 4.69) is 12.2 Å². The monoisotopic (exact) mass is 463 g/mol. The summed E-state index contributed by atoms with van der Waals surface area (Å²) in [5.74, 6) is 0.350. The van der Waals surface area contributed by atoms with Gasteiger partial charge in [-0.05, 0) is 49.8 Å². The summed E-state index contributed by atoms with van der Waals surface area (Å²) in [6.45, 7) is 2.80. The summed E-state index contributed by atoms with van der Waals surface area (Å²) in [7, 11) is -3.68. The van der Waals surface area contributed by atoms with E-state index in [1.54, 1.807) is 6.07 Å². The molecule has 4 rings (SSSR count). The number of nitrogens with zero attached hydrogens (tertiary/aromatic N) is 2. The maximum absolute atomic E-state index is 13.2. The number of fused-ring (bicyclic) bond motifs is 1. The molecule has 2 heterocycles. The number of anilines is 1. The molecule has 0 spiro atoms. The molecule has 176 valence electrons. The number of hydrogen-bond donors (Lipinski definition) is 1. The Kier molecular flexibility index (Phi) is 7.05. The molecule has 8 nitrogen and oxygen atoms in total. The molecule has 0 atom stereocenters. The molecule has 2 fully saturated rings. The van der Waals surface area contributed by atoms with Gasteiger partial charge in [0.25, 0.3) is 5.91 Å². The van der Waals surface area contributed by atoms with Crippen molar-refractivity contribution in [3.63, 3.8) is 0 Å². The smallest absolute Gasteiger partial charge is 0.265 e. The van der Waals surface area contributed by atoms with Gasteiger partial charge in [0.05, 0.1) is 10.6 Å². The fourth-order valence-electron chi connectivity index (χ4n) is 4.73. The maximum Gasteiger partial charge on any atom is 0.265 e. The molecule has 1 aromatic carbocycles. The first-order valence-electron chi connectivity index (χ1n) is 11.7. The van der Waals surface area contributed by atoms with Crippen LogP contribution in [0.4, 0.5) is 5.69 Å². The molecule has 1 aromatic rings. The summed E-state index contributed by atoms with van der Waals surface area (Å²) < 4.78 is 33.4. The summed E-state index contributed by atoms with van der Waals surface area (Å²) >= 11 is 0. The third kappa shape index (κ3) is 5.09. The van der Waals surface area contributed by atoms with E-state index in [0.29, 0.717) is 30.4 Å². The van der Waals surface area contributed by atoms with E-state index in [4.69, 9.17) is 4.74 Å². The van der Waals surface area contributed by atoms with E-state index >= 15 is 0 Å². The van der Waals surface area contributed by atoms with Crippen LogP contribution in [0.25, 0.3) is 0 Å². The molecule has 1 saturated carbocycles. The molecule has 2 aliphatic heterocycles. The van der Waals surface area contributed by atoms with Gasteiger partial charge in [-0.25, -0.2) is 8.42 Å². The van der Waals surface area contributed by atoms with Crippen molar-refractivity contribution in [3.05, 3.63) is 18.2 Å². The fourth-order valence-corrected chi connectivity index (χ4v) is 6.22. The first kappa shape index (κ1) is 23.0. The number of rotatable bonds is 5. The second-order valence-corrected chi connectivity index (χ2v) is 11.2. The molecule has 0 bridgehead atoms. The average molecular weight is 464 g/mol. The van der Waals surface area contributed by atoms with Crippen LogP contribution < -0.4 is 15.0 Å². The van der Waals surface area contributed by atoms with Gasteiger partial charge in [0.1, 0.15) is 12.3 Å². The number of piperidine rings is 1. The molecular weight excluding hydrogens is 430 g/mol. The summed E-state index contributed by atoms with van der Waals surface area (Å²) in [5.41, 5.74) is 0.337. The topological polar surface area (TPSA) is 96.0 Å². The predicted octanol–water partition coefficient (Wildman–Crippen LogP) is 2.67. The van der Waals surface area contributed by atoms with Crippen molar-refractivity contribution < 1.29 is 22.7 Å². The summed E-state index contributed by atoms with van der Waals surface area (Å²) in [6.07, 6.45) is 8.15. The highest BCUT2D eigenvalue weighted by molar-refractivity contribution is 7.89. The van der Waals surface area contributed by atoms with E-state index in [9.17, 15) is 18.0 Å². The number of hydrogen-bond acceptors (Lipinski definition) is 5. The highest BCUT2D eigenvalue weighted by Crippen LogP contribution is 2.35. The molecule has 0 radical (unpaired) electrons. The third-order valence-electron chi connectivity index (χ3n) is 6.78. The lowest BCUT2D eigenvalue weighted by Gasteiger charge is -2.32. The second kappa shape index (κ2) is 9.79. The van der Waals surface area contributed by atoms with Crippen LogP contribution in [0.2, 0.25) is 0 Å². The van der Waals surface area contributed by atoms with Gasteiger partial charge in [-0.15, -0.1) is 0 Å². The molecule has 1 N–H and O–H groups in total. The Hall–Kier alpha value is -2.13. The van der Waals surface area contributed by atoms with Crippen LogP contribution in [0.1, 0.15) is 58.3 Å². The maximum atomic E-state index is 13.2. The molecule has 32 heavy (non-hydrogen) atoms. The van der Waals surface area contributed by atoms with Crippen LogP contribution in [0.15, 0.2) is 23.1 Å². The van der Waals surface area contributed by atoms with Gasteiger partial charge in [0.2, 0.25) is 15.9 Å². The van der Waals surface area contributed by atoms with E-state index in [0.717, 1.165) is 38.5 Å². The Morgan fingerprint density at radius 3 is 2.47 bits per heavy atom. The number of nitrogens with one attached hydrogen (secondary N) is 1. The van der Waals surface area contributed by atoms with Gasteiger partial charge in [0.15, 0.2) is 6.61 Å². The second-order valence-electron chi connectivity index (χ2n) is 9.24. The number of benzene rings is 1. The Morgan fingerprint density at radius 2 is 1.78 bits per heavy atom. The summed E-state index contributed by atoms with van der Waals surface area (Å²) in [5, 5.41) is 3.06. The Balaban J connectivity index is 1.52. The summed E-state index contributed by atoms with van der Waals surface area (Å²) in [6, 6.07) is 4.70. The Labute approximate surface area is 190 Å². The summed E-state index contributed by atoms with van der Waals surface area (Å²) in [4.78, 5) is 26.8. The van der Waals surface area contributed by atoms with Crippen molar-refractivity contribution in [2.45, 2.75) is 69.2 Å². The number of carbonyl (C=O) groups excluding carboxylic acids is 2. The van der Waals surface area contributed by atoms with Crippen molar-refractivity contribution in [2.75, 3.05) is 31.1 Å². The van der Waals surface area contributed by atoms with E-state index in [-0.39, 0.29) is 35.9 Å². The highest BCUT2D eigenvalue weighted by atomic mass is 32.2. The molecular formula is C23H33N3O5S. The predicted molar refractivity (Wildman–Crippen MR) is 121 cm³/mol. The highest BCUT2D eigenvalue weighted by Gasteiger charge is 2.32. The molecule has 2 amide bonds. The van der Waals surface area contributed by atoms with Gasteiger partial charge >= 0.3 is 0 Å². The van der Waals surface area contributed by atoms with Crippen molar-refractivity contribution in [1.82, 2.24) is 9.62 Å². The third-order valence-corrected chi connectivity index (χ3v) is 8.67. The van der Waals surface area contributed by atoms with Crippen LogP contribution >= 0.6 is 0 Å². The molecule has 1 aliphatic carbocycles. The van der Waals surface area contributed by atoms with Crippen LogP contribution in [-0.2, 0) is 19.6 Å². The van der Waals surface area contributed by atoms with Crippen LogP contribution in [-0.4, -0.2) is 56.8 Å². The van der Waals surface area contributed by atoms with Gasteiger partial charge < -0.3 is 10.1 Å². The lowest BCUT2D eigenvalue weighted by molar-refractivity contribution is -0.125. The van der Waals surface area contributed by atoms with Gasteiger partial charge in [-0.2, -0.15) is 4.31 Å². The van der Waals surface area contributed by atoms with Gasteiger partial charge in [0, 0.05) is 19.1 Å². The average Bonchev–Trinajstić information content (AvgIpc) is 3.04. The van der Waals surface area contributed by atoms with Crippen molar-refractivity contribution in [3.8, 4) is 5.75 Å². The number of amides is 2. The first-order chi connectivity index (χ1) is 15.3. The van der Waals surface area contributed by atoms with E-state index in [1.807, 2.05) is 0 Å². The van der Waals surface area contributed by atoms with Crippen molar-refractivity contribution in [2.24, 2.45) is 5.92 Å². The molecule has 0 unspecified atom stereocenters. The zero-order chi connectivity index (χ0) is 22.7. The van der Waals surface area contributed by atoms with Crippen LogP contribution in [0.3, 0.4) is 0 Å². The molecule has 9 heteroatoms. The van der Waals surface area contributed by atoms with Crippen molar-refractivity contribution in [1.29, 1.82) is 0 Å². The molecule has 1 saturated heterocycles. The van der Waals surface area contributed by atoms with E-state index < -0.39 is 10.0 Å². The number of carbonyl (C=O) groups is 2. The molecule has 3 aliphatic rings. The normalized spacial score (nSPS) is 21.5. The van der Waals surface area contributed by atoms with Crippen LogP contribution in [0, 0.1) is 5.92 Å². The van der Waals surface area contributed by atoms with E-state index in [1.165, 1.54) is 34.2 Å². The largest absolute Gasteiger partial charge is 0.482 e. The van der Waals surface area contributed by atoms with Gasteiger partial charge in [-0.1, -0.05) is 32.6 Å². The zero-order valence-electron chi connectivity index (χ0n) is 18.7. The minimum atomic E-state index is -3.68. The quantitative estimate of drug-likeness (QED) is 0.678. The minimum absolute atomic E-state index is 0.123. The lowest BCUT2D eigenvalue weighted by Crippen LogP contribution is -2.47. The number of sulfonamides is 1. The minimum Gasteiger partial charge on any atom is -0.482 e. The first-order valence-corrected chi connectivity index (χ1v) is 13.2. The SMILES string of the molecule is CC1CCN(S(=O)(=O)c2ccc3c(c2)N(CC(=O)NC2CCCCCC2)C(=O)CO3)CC1. The lowest BCUT2D eigenvalue weighted by atomic mass is 10.0. The molecule has 0 aromatic heterocycles. The van der Waals surface area contributed by atoms with Crippen molar-refractivity contribution >= 4 is 27.5 Å². The zero-order valence-corrected chi connectivity index (χ0v) is 19.5. The Morgan fingerprint density at radius 1 is 1.09 bits per heavy atom. The number of ether oxygens (including phenoxy) is 1. The van der Waals surface area contributed by atoms with Gasteiger partial charge in [-0.3, -0.25) is 14.5 Å². The van der Waals surface area contributed by atoms with Crippen LogP contribution in [0.5, 0.6) is 5.75 Å². The Bertz CT molecular complexity index is 948.